The van der Waals surface area contributed by atoms with Crippen LogP contribution in [0.3, 0.4) is 0 Å². The van der Waals surface area contributed by atoms with Crippen molar-refractivity contribution in [2.75, 3.05) is 0 Å². The first-order valence-electron chi connectivity index (χ1n) is 5.78. The van der Waals surface area contributed by atoms with Gasteiger partial charge >= 0.3 is 0 Å². The molecule has 0 unspecified atom stereocenters. The first kappa shape index (κ1) is 11.6. The lowest BCUT2D eigenvalue weighted by Crippen LogP contribution is -2.37. The van der Waals surface area contributed by atoms with Crippen LogP contribution in [0, 0.1) is 0 Å². The molecule has 0 saturated heterocycles. The van der Waals surface area contributed by atoms with Crippen LogP contribution < -0.4 is 5.73 Å². The lowest BCUT2D eigenvalue weighted by atomic mass is 9.81. The normalized spacial score (nSPS) is 11.1. The van der Waals surface area contributed by atoms with E-state index in [4.69, 9.17) is 5.73 Å². The summed E-state index contributed by atoms with van der Waals surface area (Å²) in [4.78, 5) is 0. The smallest absolute Gasteiger partial charge is 0.0700 e. The lowest BCUT2D eigenvalue weighted by Gasteiger charge is -2.29. The first-order chi connectivity index (χ1) is 8.27. The predicted molar refractivity (Wildman–Crippen MR) is 72.7 cm³/mol. The molecule has 0 aromatic heterocycles. The monoisotopic (exact) mass is 223 g/mol. The fourth-order valence-electron chi connectivity index (χ4n) is 2.10. The third kappa shape index (κ3) is 2.29. The molecule has 2 N–H and O–H groups in total. The summed E-state index contributed by atoms with van der Waals surface area (Å²) in [6.07, 6.45) is 2.60. The van der Waals surface area contributed by atoms with Crippen LogP contribution in [0.1, 0.15) is 17.5 Å². The van der Waals surface area contributed by atoms with Gasteiger partial charge in [0.05, 0.1) is 5.54 Å². The van der Waals surface area contributed by atoms with E-state index in [2.05, 4.69) is 30.8 Å². The molecule has 0 bridgehead atoms. The molecule has 2 rings (SSSR count). The average molecular weight is 223 g/mol. The van der Waals surface area contributed by atoms with E-state index >= 15 is 0 Å². The van der Waals surface area contributed by atoms with E-state index in [0.29, 0.717) is 0 Å². The third-order valence-electron chi connectivity index (χ3n) is 3.04. The second-order valence-corrected chi connectivity index (χ2v) is 4.20. The molecule has 0 aliphatic carbocycles. The summed E-state index contributed by atoms with van der Waals surface area (Å²) in [6.45, 7) is 3.82. The Morgan fingerprint density at radius 2 is 1.29 bits per heavy atom. The van der Waals surface area contributed by atoms with Crippen LogP contribution in [0.4, 0.5) is 0 Å². The van der Waals surface area contributed by atoms with Gasteiger partial charge in [-0.05, 0) is 17.5 Å². The van der Waals surface area contributed by atoms with Crippen molar-refractivity contribution in [3.8, 4) is 0 Å². The fraction of sp³-hybridized carbons (Fsp3) is 0.125. The molecular formula is C16H17N. The SMILES string of the molecule is C=CCC(N)(c1ccccc1)c1ccccc1. The van der Waals surface area contributed by atoms with Crippen molar-refractivity contribution in [2.45, 2.75) is 12.0 Å². The van der Waals surface area contributed by atoms with Gasteiger partial charge in [-0.25, -0.2) is 0 Å². The highest BCUT2D eigenvalue weighted by Gasteiger charge is 2.27. The molecule has 1 nitrogen and oxygen atoms in total. The van der Waals surface area contributed by atoms with Gasteiger partial charge in [0.15, 0.2) is 0 Å². The van der Waals surface area contributed by atoms with Crippen LogP contribution in [0.25, 0.3) is 0 Å². The number of benzene rings is 2. The largest absolute Gasteiger partial charge is 0.317 e. The predicted octanol–water partition coefficient (Wildman–Crippen LogP) is 3.47. The maximum atomic E-state index is 6.58. The molecule has 2 aromatic carbocycles. The van der Waals surface area contributed by atoms with Crippen LogP contribution in [-0.2, 0) is 5.54 Å². The van der Waals surface area contributed by atoms with Crippen molar-refractivity contribution in [2.24, 2.45) is 5.73 Å². The Kier molecular flexibility index (Phi) is 3.40. The first-order valence-corrected chi connectivity index (χ1v) is 5.78. The Hall–Kier alpha value is -1.86. The van der Waals surface area contributed by atoms with Crippen molar-refractivity contribution in [1.82, 2.24) is 0 Å². The van der Waals surface area contributed by atoms with E-state index in [-0.39, 0.29) is 0 Å². The standard InChI is InChI=1S/C16H17N/c1-2-13-16(17,14-9-5-3-6-10-14)15-11-7-4-8-12-15/h2-12H,1,13,17H2. The van der Waals surface area contributed by atoms with Crippen molar-refractivity contribution in [3.05, 3.63) is 84.4 Å². The minimum Gasteiger partial charge on any atom is -0.317 e. The van der Waals surface area contributed by atoms with E-state index in [1.54, 1.807) is 0 Å². The molecule has 1 heteroatoms. The Bertz CT molecular complexity index is 434. The summed E-state index contributed by atoms with van der Waals surface area (Å²) in [6, 6.07) is 20.3. The molecule has 2 aromatic rings. The van der Waals surface area contributed by atoms with E-state index in [9.17, 15) is 0 Å². The fourth-order valence-corrected chi connectivity index (χ4v) is 2.10. The molecule has 0 aliphatic heterocycles. The summed E-state index contributed by atoms with van der Waals surface area (Å²) in [5.74, 6) is 0. The van der Waals surface area contributed by atoms with Gasteiger partial charge in [-0.3, -0.25) is 0 Å². The van der Waals surface area contributed by atoms with Gasteiger partial charge in [0.25, 0.3) is 0 Å². The van der Waals surface area contributed by atoms with Gasteiger partial charge in [0.2, 0.25) is 0 Å². The minimum atomic E-state index is -0.482. The van der Waals surface area contributed by atoms with Gasteiger partial charge in [0, 0.05) is 0 Å². The van der Waals surface area contributed by atoms with E-state index in [1.165, 1.54) is 0 Å². The van der Waals surface area contributed by atoms with Crippen LogP contribution in [0.2, 0.25) is 0 Å². The highest BCUT2D eigenvalue weighted by Crippen LogP contribution is 2.30. The quantitative estimate of drug-likeness (QED) is 0.789. The lowest BCUT2D eigenvalue weighted by molar-refractivity contribution is 0.547. The summed E-state index contributed by atoms with van der Waals surface area (Å²) >= 11 is 0. The van der Waals surface area contributed by atoms with E-state index in [0.717, 1.165) is 17.5 Å². The molecule has 0 saturated carbocycles. The summed E-state index contributed by atoms with van der Waals surface area (Å²) in [5, 5.41) is 0. The van der Waals surface area contributed by atoms with Gasteiger partial charge in [0.1, 0.15) is 0 Å². The number of rotatable bonds is 4. The zero-order valence-electron chi connectivity index (χ0n) is 9.84. The van der Waals surface area contributed by atoms with Crippen LogP contribution in [-0.4, -0.2) is 0 Å². The Morgan fingerprint density at radius 1 is 0.882 bits per heavy atom. The van der Waals surface area contributed by atoms with E-state index < -0.39 is 5.54 Å². The maximum absolute atomic E-state index is 6.58. The van der Waals surface area contributed by atoms with Crippen molar-refractivity contribution in [3.63, 3.8) is 0 Å². The van der Waals surface area contributed by atoms with Gasteiger partial charge in [-0.2, -0.15) is 0 Å². The van der Waals surface area contributed by atoms with E-state index in [1.807, 2.05) is 42.5 Å². The average Bonchev–Trinajstić information content (AvgIpc) is 2.41. The number of nitrogens with two attached hydrogens (primary N) is 1. The van der Waals surface area contributed by atoms with Gasteiger partial charge < -0.3 is 5.73 Å². The van der Waals surface area contributed by atoms with Crippen molar-refractivity contribution >= 4 is 0 Å². The zero-order chi connectivity index (χ0) is 12.1. The second-order valence-electron chi connectivity index (χ2n) is 4.20. The third-order valence-corrected chi connectivity index (χ3v) is 3.04. The number of hydrogen-bond acceptors (Lipinski definition) is 1. The highest BCUT2D eigenvalue weighted by atomic mass is 14.7. The number of hydrogen-bond donors (Lipinski definition) is 1. The summed E-state index contributed by atoms with van der Waals surface area (Å²) in [7, 11) is 0. The molecule has 0 aliphatic rings. The Morgan fingerprint density at radius 3 is 1.65 bits per heavy atom. The second kappa shape index (κ2) is 4.98. The van der Waals surface area contributed by atoms with Gasteiger partial charge in [-0.1, -0.05) is 66.7 Å². The summed E-state index contributed by atoms with van der Waals surface area (Å²) in [5.41, 5.74) is 8.33. The van der Waals surface area contributed by atoms with Crippen LogP contribution in [0.5, 0.6) is 0 Å². The van der Waals surface area contributed by atoms with Crippen LogP contribution in [0.15, 0.2) is 73.3 Å². The molecule has 0 atom stereocenters. The molecule has 0 amide bonds. The Balaban J connectivity index is 2.50. The van der Waals surface area contributed by atoms with Crippen molar-refractivity contribution < 1.29 is 0 Å². The van der Waals surface area contributed by atoms with Crippen molar-refractivity contribution in [1.29, 1.82) is 0 Å². The topological polar surface area (TPSA) is 26.0 Å². The molecule has 0 heterocycles. The van der Waals surface area contributed by atoms with Crippen LogP contribution >= 0.6 is 0 Å². The zero-order valence-corrected chi connectivity index (χ0v) is 9.84. The highest BCUT2D eigenvalue weighted by molar-refractivity contribution is 5.38. The molecule has 17 heavy (non-hydrogen) atoms. The molecular weight excluding hydrogens is 206 g/mol. The molecule has 0 radical (unpaired) electrons. The Labute approximate surface area is 103 Å². The molecule has 0 spiro atoms. The minimum absolute atomic E-state index is 0.482. The molecule has 0 fully saturated rings. The maximum Gasteiger partial charge on any atom is 0.0700 e. The molecule has 86 valence electrons. The van der Waals surface area contributed by atoms with Gasteiger partial charge in [-0.15, -0.1) is 6.58 Å². The summed E-state index contributed by atoms with van der Waals surface area (Å²) < 4.78 is 0.